The number of hydroxylamine groups is 1. The average molecular weight is 557 g/mol. The third kappa shape index (κ3) is 5.47. The number of ether oxygens (including phenoxy) is 1. The Morgan fingerprint density at radius 3 is 2.60 bits per heavy atom. The summed E-state index contributed by atoms with van der Waals surface area (Å²) >= 11 is 25.2. The maximum absolute atomic E-state index is 13.1. The highest BCUT2D eigenvalue weighted by atomic mass is 35.5. The number of alkyl halides is 4. The summed E-state index contributed by atoms with van der Waals surface area (Å²) in [5.74, 6) is -0.118. The second-order valence-corrected chi connectivity index (χ2v) is 10.4. The highest BCUT2D eigenvalue weighted by molar-refractivity contribution is 6.54. The fourth-order valence-electron chi connectivity index (χ4n) is 4.13. The number of anilines is 1. The van der Waals surface area contributed by atoms with Gasteiger partial charge in [0.25, 0.3) is 5.91 Å². The molecular formula is C24H21Cl4N3O4. The molecule has 3 unspecified atom stereocenters. The number of hydrogen-bond acceptors (Lipinski definition) is 6. The van der Waals surface area contributed by atoms with Crippen LogP contribution in [-0.2, 0) is 20.8 Å². The number of amides is 1. The van der Waals surface area contributed by atoms with Crippen molar-refractivity contribution in [3.8, 4) is 22.6 Å². The summed E-state index contributed by atoms with van der Waals surface area (Å²) in [7, 11) is 0. The lowest BCUT2D eigenvalue weighted by atomic mass is 10.0. The zero-order valence-corrected chi connectivity index (χ0v) is 21.3. The van der Waals surface area contributed by atoms with Gasteiger partial charge in [-0.2, -0.15) is 5.06 Å². The summed E-state index contributed by atoms with van der Waals surface area (Å²) in [6.07, 6.45) is -0.267. The molecule has 184 valence electrons. The molecule has 3 atom stereocenters. The minimum atomic E-state index is -1.36. The summed E-state index contributed by atoms with van der Waals surface area (Å²) in [6, 6.07) is 16.8. The van der Waals surface area contributed by atoms with Crippen LogP contribution in [0.15, 0.2) is 59.1 Å². The maximum Gasteiger partial charge on any atom is 0.284 e. The van der Waals surface area contributed by atoms with Crippen molar-refractivity contribution in [2.45, 2.75) is 28.4 Å². The second kappa shape index (κ2) is 10.6. The van der Waals surface area contributed by atoms with Gasteiger partial charge in [0, 0.05) is 30.3 Å². The number of fused-ring (bicyclic) bond motifs is 6. The van der Waals surface area contributed by atoms with Crippen molar-refractivity contribution in [2.75, 3.05) is 24.8 Å². The topological polar surface area (TPSA) is 68.0 Å². The molecule has 1 aromatic heterocycles. The van der Waals surface area contributed by atoms with Gasteiger partial charge in [-0.3, -0.25) is 9.69 Å². The first-order valence-corrected chi connectivity index (χ1v) is 12.7. The summed E-state index contributed by atoms with van der Waals surface area (Å²) in [5.41, 5.74) is 3.17. The summed E-state index contributed by atoms with van der Waals surface area (Å²) in [5, 5.41) is 4.74. The first kappa shape index (κ1) is 24.8. The van der Waals surface area contributed by atoms with Gasteiger partial charge in [-0.05, 0) is 24.1 Å². The summed E-state index contributed by atoms with van der Waals surface area (Å²) in [4.78, 5) is 20.0. The van der Waals surface area contributed by atoms with Crippen LogP contribution in [0, 0.1) is 0 Å². The van der Waals surface area contributed by atoms with E-state index in [0.717, 1.165) is 16.2 Å². The van der Waals surface area contributed by atoms with E-state index < -0.39 is 27.9 Å². The van der Waals surface area contributed by atoms with Crippen LogP contribution in [0.1, 0.15) is 5.56 Å². The van der Waals surface area contributed by atoms with E-state index >= 15 is 0 Å². The molecule has 1 fully saturated rings. The van der Waals surface area contributed by atoms with Gasteiger partial charge in [-0.1, -0.05) is 76.4 Å². The Labute approximate surface area is 222 Å². The van der Waals surface area contributed by atoms with Crippen LogP contribution in [0.5, 0.6) is 0 Å². The van der Waals surface area contributed by atoms with Crippen LogP contribution in [0.4, 0.5) is 5.69 Å². The van der Waals surface area contributed by atoms with E-state index in [1.807, 2.05) is 41.3 Å². The molecule has 11 heteroatoms. The van der Waals surface area contributed by atoms with Crippen LogP contribution in [0.3, 0.4) is 0 Å². The van der Waals surface area contributed by atoms with Crippen molar-refractivity contribution in [1.29, 1.82) is 0 Å². The molecule has 6 rings (SSSR count). The second-order valence-electron chi connectivity index (χ2n) is 8.25. The fraction of sp³-hybridized carbons (Fsp3) is 0.333. The summed E-state index contributed by atoms with van der Waals surface area (Å²) < 4.78 is 11.1. The maximum atomic E-state index is 13.1. The van der Waals surface area contributed by atoms with Crippen molar-refractivity contribution in [3.63, 3.8) is 0 Å². The zero-order chi connectivity index (χ0) is 24.5. The first-order chi connectivity index (χ1) is 16.9. The predicted octanol–water partition coefficient (Wildman–Crippen LogP) is 5.46. The van der Waals surface area contributed by atoms with Crippen molar-refractivity contribution in [2.24, 2.45) is 0 Å². The zero-order valence-electron chi connectivity index (χ0n) is 18.3. The molecule has 0 radical (unpaired) electrons. The number of aromatic nitrogens is 1. The van der Waals surface area contributed by atoms with Gasteiger partial charge in [0.1, 0.15) is 11.3 Å². The molecule has 0 spiro atoms. The van der Waals surface area contributed by atoms with Crippen molar-refractivity contribution >= 4 is 58.0 Å². The number of carbonyl (C=O) groups excluding carboxylic acids is 1. The van der Waals surface area contributed by atoms with Crippen LogP contribution in [0.2, 0.25) is 0 Å². The predicted molar refractivity (Wildman–Crippen MR) is 136 cm³/mol. The fourth-order valence-corrected chi connectivity index (χ4v) is 4.95. The molecule has 2 aromatic carbocycles. The molecule has 0 aliphatic carbocycles. The molecule has 35 heavy (non-hydrogen) atoms. The third-order valence-corrected chi connectivity index (χ3v) is 6.89. The number of nitrogens with zero attached hydrogens (tertiary/aromatic N) is 3. The SMILES string of the molecule is O=C(C(Cl)Cl)N1OC(N2CCOC(Cl)C2)C(Cl)Cc2ccc(cc2)-c2cc(on2)-c2cccc1c2. The Kier molecular flexibility index (Phi) is 7.55. The highest BCUT2D eigenvalue weighted by Gasteiger charge is 2.36. The quantitative estimate of drug-likeness (QED) is 0.390. The van der Waals surface area contributed by atoms with Crippen molar-refractivity contribution in [3.05, 3.63) is 60.2 Å². The lowest BCUT2D eigenvalue weighted by Gasteiger charge is -2.40. The number of rotatable bonds is 2. The van der Waals surface area contributed by atoms with E-state index in [2.05, 4.69) is 5.16 Å². The van der Waals surface area contributed by atoms with E-state index in [4.69, 9.17) is 60.5 Å². The Hall–Kier alpha value is -1.84. The first-order valence-electron chi connectivity index (χ1n) is 11.0. The van der Waals surface area contributed by atoms with E-state index in [9.17, 15) is 4.79 Å². The van der Waals surface area contributed by atoms with Gasteiger partial charge >= 0.3 is 0 Å². The van der Waals surface area contributed by atoms with E-state index in [0.29, 0.717) is 48.8 Å². The van der Waals surface area contributed by atoms with Gasteiger partial charge < -0.3 is 9.26 Å². The van der Waals surface area contributed by atoms with Gasteiger partial charge in [-0.25, -0.2) is 4.84 Å². The Morgan fingerprint density at radius 2 is 1.86 bits per heavy atom. The minimum Gasteiger partial charge on any atom is -0.360 e. The third-order valence-electron chi connectivity index (χ3n) is 5.88. The van der Waals surface area contributed by atoms with Crippen LogP contribution < -0.4 is 5.06 Å². The highest BCUT2D eigenvalue weighted by Crippen LogP contribution is 2.32. The number of hydrogen-bond donors (Lipinski definition) is 0. The van der Waals surface area contributed by atoms with Gasteiger partial charge in [0.15, 0.2) is 16.8 Å². The van der Waals surface area contributed by atoms with Gasteiger partial charge in [0.05, 0.1) is 17.7 Å². The number of carbonyl (C=O) groups is 1. The average Bonchev–Trinajstić information content (AvgIpc) is 3.34. The molecule has 3 aliphatic heterocycles. The Bertz CT molecular complexity index is 1190. The van der Waals surface area contributed by atoms with Gasteiger partial charge in [0.2, 0.25) is 0 Å². The van der Waals surface area contributed by atoms with E-state index in [-0.39, 0.29) is 0 Å². The molecule has 3 aromatic rings. The monoisotopic (exact) mass is 555 g/mol. The number of halogens is 4. The molecular weight excluding hydrogens is 536 g/mol. The minimum absolute atomic E-state index is 0.363. The number of morpholine rings is 1. The Balaban J connectivity index is 1.62. The molecule has 0 N–H and O–H groups in total. The van der Waals surface area contributed by atoms with Crippen LogP contribution in [0.25, 0.3) is 22.6 Å². The lowest BCUT2D eigenvalue weighted by Crippen LogP contribution is -2.54. The van der Waals surface area contributed by atoms with E-state index in [1.54, 1.807) is 18.2 Å². The molecule has 3 aliphatic rings. The normalized spacial score (nSPS) is 23.2. The molecule has 6 bridgehead atoms. The van der Waals surface area contributed by atoms with Crippen molar-refractivity contribution < 1.29 is 18.9 Å². The molecule has 0 saturated carbocycles. The Morgan fingerprint density at radius 1 is 1.06 bits per heavy atom. The van der Waals surface area contributed by atoms with E-state index in [1.165, 1.54) is 0 Å². The largest absolute Gasteiger partial charge is 0.360 e. The van der Waals surface area contributed by atoms with Crippen LogP contribution >= 0.6 is 46.4 Å². The standard InChI is InChI=1S/C24H21Cl4N3O4/c25-18-10-14-4-6-15(7-5-14)19-12-20(34-29-19)16-2-1-3-17(11-16)31(23(32)22(27)28)35-24(18)30-8-9-33-21(26)13-30/h1-7,11-12,18,21-22,24H,8-10,13H2. The lowest BCUT2D eigenvalue weighted by molar-refractivity contribution is -0.142. The van der Waals surface area contributed by atoms with Crippen molar-refractivity contribution in [1.82, 2.24) is 10.1 Å². The molecule has 4 heterocycles. The summed E-state index contributed by atoms with van der Waals surface area (Å²) in [6.45, 7) is 1.28. The molecule has 7 nitrogen and oxygen atoms in total. The van der Waals surface area contributed by atoms with Crippen LogP contribution in [-0.4, -0.2) is 57.7 Å². The number of benzene rings is 2. The molecule has 1 saturated heterocycles. The smallest absolute Gasteiger partial charge is 0.284 e. The van der Waals surface area contributed by atoms with Gasteiger partial charge in [-0.15, -0.1) is 11.6 Å². The molecule has 1 amide bonds.